The minimum absolute atomic E-state index is 0.0923. The number of rotatable bonds is 5. The van der Waals surface area contributed by atoms with Crippen LogP contribution >= 0.6 is 0 Å². The van der Waals surface area contributed by atoms with Crippen LogP contribution in [0.4, 0.5) is 0 Å². The number of nitrogens with one attached hydrogen (secondary N) is 2. The van der Waals surface area contributed by atoms with E-state index in [1.807, 2.05) is 25.7 Å². The SMILES string of the molecule is CC(C)(C)C(=O)NCC1CCCN(C(=O)CCC2CCNC2)C1. The van der Waals surface area contributed by atoms with Crippen LogP contribution in [0.5, 0.6) is 0 Å². The Kier molecular flexibility index (Phi) is 6.45. The second-order valence-electron chi connectivity index (χ2n) is 8.21. The van der Waals surface area contributed by atoms with Crippen molar-refractivity contribution in [3.8, 4) is 0 Å². The molecule has 0 radical (unpaired) electrons. The first-order valence-corrected chi connectivity index (χ1v) is 9.13. The molecule has 0 aromatic rings. The molecule has 5 heteroatoms. The molecule has 2 heterocycles. The van der Waals surface area contributed by atoms with Crippen molar-refractivity contribution in [3.63, 3.8) is 0 Å². The van der Waals surface area contributed by atoms with Crippen LogP contribution in [0.15, 0.2) is 0 Å². The van der Waals surface area contributed by atoms with E-state index in [1.165, 1.54) is 6.42 Å². The third kappa shape index (κ3) is 5.79. The molecule has 2 amide bonds. The molecule has 0 aromatic carbocycles. The highest BCUT2D eigenvalue weighted by atomic mass is 16.2. The lowest BCUT2D eigenvalue weighted by atomic mass is 9.93. The first-order chi connectivity index (χ1) is 10.9. The fourth-order valence-corrected chi connectivity index (χ4v) is 3.41. The van der Waals surface area contributed by atoms with Crippen molar-refractivity contribution >= 4 is 11.8 Å². The van der Waals surface area contributed by atoms with Gasteiger partial charge in [0, 0.05) is 31.5 Å². The van der Waals surface area contributed by atoms with Crippen molar-refractivity contribution in [1.29, 1.82) is 0 Å². The highest BCUT2D eigenvalue weighted by molar-refractivity contribution is 5.81. The summed E-state index contributed by atoms with van der Waals surface area (Å²) in [6.07, 6.45) is 5.03. The first kappa shape index (κ1) is 18.2. The van der Waals surface area contributed by atoms with Crippen LogP contribution in [0.2, 0.25) is 0 Å². The third-order valence-electron chi connectivity index (χ3n) is 5.03. The summed E-state index contributed by atoms with van der Waals surface area (Å²) in [5, 5.41) is 6.40. The summed E-state index contributed by atoms with van der Waals surface area (Å²) in [6.45, 7) is 10.3. The minimum Gasteiger partial charge on any atom is -0.355 e. The van der Waals surface area contributed by atoms with Crippen molar-refractivity contribution in [2.75, 3.05) is 32.7 Å². The fraction of sp³-hybridized carbons (Fsp3) is 0.889. The van der Waals surface area contributed by atoms with Crippen LogP contribution in [-0.2, 0) is 9.59 Å². The molecule has 0 aromatic heterocycles. The Hall–Kier alpha value is -1.10. The van der Waals surface area contributed by atoms with E-state index in [2.05, 4.69) is 10.6 Å². The number of carbonyl (C=O) groups is 2. The van der Waals surface area contributed by atoms with Crippen LogP contribution in [0, 0.1) is 17.3 Å². The molecular formula is C18H33N3O2. The van der Waals surface area contributed by atoms with Crippen LogP contribution in [0.25, 0.3) is 0 Å². The Morgan fingerprint density at radius 2 is 2.00 bits per heavy atom. The van der Waals surface area contributed by atoms with Gasteiger partial charge in [-0.15, -0.1) is 0 Å². The zero-order valence-corrected chi connectivity index (χ0v) is 15.0. The maximum atomic E-state index is 12.4. The molecule has 0 spiro atoms. The predicted molar refractivity (Wildman–Crippen MR) is 92.0 cm³/mol. The van der Waals surface area contributed by atoms with Crippen LogP contribution in [0.3, 0.4) is 0 Å². The number of likely N-dealkylation sites (tertiary alicyclic amines) is 1. The quantitative estimate of drug-likeness (QED) is 0.811. The topological polar surface area (TPSA) is 61.4 Å². The number of nitrogens with zero attached hydrogens (tertiary/aromatic N) is 1. The Balaban J connectivity index is 1.71. The highest BCUT2D eigenvalue weighted by Gasteiger charge is 2.26. The van der Waals surface area contributed by atoms with Gasteiger partial charge in [-0.25, -0.2) is 0 Å². The van der Waals surface area contributed by atoms with Crippen molar-refractivity contribution in [1.82, 2.24) is 15.5 Å². The van der Waals surface area contributed by atoms with E-state index in [9.17, 15) is 9.59 Å². The van der Waals surface area contributed by atoms with Crippen LogP contribution in [-0.4, -0.2) is 49.4 Å². The summed E-state index contributed by atoms with van der Waals surface area (Å²) in [5.41, 5.74) is -0.348. The van der Waals surface area contributed by atoms with Gasteiger partial charge >= 0.3 is 0 Å². The molecule has 2 fully saturated rings. The molecule has 2 aliphatic heterocycles. The van der Waals surface area contributed by atoms with Crippen molar-refractivity contribution < 1.29 is 9.59 Å². The Morgan fingerprint density at radius 3 is 2.65 bits per heavy atom. The van der Waals surface area contributed by atoms with Gasteiger partial charge in [0.05, 0.1) is 0 Å². The zero-order valence-electron chi connectivity index (χ0n) is 15.0. The summed E-state index contributed by atoms with van der Waals surface area (Å²) in [6, 6.07) is 0. The molecule has 23 heavy (non-hydrogen) atoms. The Labute approximate surface area is 140 Å². The lowest BCUT2D eigenvalue weighted by Gasteiger charge is -2.33. The average Bonchev–Trinajstić information content (AvgIpc) is 3.03. The molecule has 2 aliphatic rings. The van der Waals surface area contributed by atoms with Crippen LogP contribution in [0.1, 0.15) is 52.9 Å². The number of hydrogen-bond acceptors (Lipinski definition) is 3. The summed E-state index contributed by atoms with van der Waals surface area (Å²) in [4.78, 5) is 26.4. The maximum Gasteiger partial charge on any atom is 0.225 e. The van der Waals surface area contributed by atoms with Crippen molar-refractivity contribution in [3.05, 3.63) is 0 Å². The normalized spacial score (nSPS) is 25.4. The van der Waals surface area contributed by atoms with E-state index in [4.69, 9.17) is 0 Å². The Morgan fingerprint density at radius 1 is 1.22 bits per heavy atom. The second kappa shape index (κ2) is 8.13. The third-order valence-corrected chi connectivity index (χ3v) is 5.03. The van der Waals surface area contributed by atoms with E-state index in [0.29, 0.717) is 30.7 Å². The zero-order chi connectivity index (χ0) is 16.9. The van der Waals surface area contributed by atoms with Gasteiger partial charge < -0.3 is 15.5 Å². The molecule has 132 valence electrons. The number of piperidine rings is 1. The molecular weight excluding hydrogens is 290 g/mol. The van der Waals surface area contributed by atoms with Crippen LogP contribution < -0.4 is 10.6 Å². The summed E-state index contributed by atoms with van der Waals surface area (Å²) < 4.78 is 0. The lowest BCUT2D eigenvalue weighted by Crippen LogP contribution is -2.45. The van der Waals surface area contributed by atoms with Gasteiger partial charge in [-0.2, -0.15) is 0 Å². The van der Waals surface area contributed by atoms with E-state index < -0.39 is 0 Å². The molecule has 0 saturated carbocycles. The molecule has 2 N–H and O–H groups in total. The monoisotopic (exact) mass is 323 g/mol. The smallest absolute Gasteiger partial charge is 0.225 e. The molecule has 2 rings (SSSR count). The summed E-state index contributed by atoms with van der Waals surface area (Å²) in [7, 11) is 0. The van der Waals surface area contributed by atoms with Gasteiger partial charge in [0.25, 0.3) is 0 Å². The minimum atomic E-state index is -0.348. The number of hydrogen-bond donors (Lipinski definition) is 2. The van der Waals surface area contributed by atoms with Gasteiger partial charge in [0.2, 0.25) is 11.8 Å². The highest BCUT2D eigenvalue weighted by Crippen LogP contribution is 2.20. The summed E-state index contributed by atoms with van der Waals surface area (Å²) in [5.74, 6) is 1.45. The molecule has 0 aliphatic carbocycles. The number of amides is 2. The summed E-state index contributed by atoms with van der Waals surface area (Å²) >= 11 is 0. The van der Waals surface area contributed by atoms with E-state index in [-0.39, 0.29) is 11.3 Å². The van der Waals surface area contributed by atoms with Gasteiger partial charge in [-0.05, 0) is 50.6 Å². The lowest BCUT2D eigenvalue weighted by molar-refractivity contribution is -0.133. The molecule has 2 saturated heterocycles. The van der Waals surface area contributed by atoms with E-state index in [1.54, 1.807) is 0 Å². The van der Waals surface area contributed by atoms with E-state index in [0.717, 1.165) is 45.4 Å². The van der Waals surface area contributed by atoms with Gasteiger partial charge in [-0.3, -0.25) is 9.59 Å². The average molecular weight is 323 g/mol. The van der Waals surface area contributed by atoms with E-state index >= 15 is 0 Å². The van der Waals surface area contributed by atoms with Gasteiger partial charge in [-0.1, -0.05) is 20.8 Å². The second-order valence-corrected chi connectivity index (χ2v) is 8.21. The molecule has 5 nitrogen and oxygen atoms in total. The molecule has 2 unspecified atom stereocenters. The largest absolute Gasteiger partial charge is 0.355 e. The first-order valence-electron chi connectivity index (χ1n) is 9.13. The van der Waals surface area contributed by atoms with Crippen molar-refractivity contribution in [2.45, 2.75) is 52.9 Å². The number of carbonyl (C=O) groups excluding carboxylic acids is 2. The standard InChI is InChI=1S/C18H33N3O2/c1-18(2,3)17(23)20-12-15-5-4-10-21(13-15)16(22)7-6-14-8-9-19-11-14/h14-15,19H,4-13H2,1-3H3,(H,20,23). The molecule has 0 bridgehead atoms. The molecule has 2 atom stereocenters. The Bertz CT molecular complexity index is 411. The van der Waals surface area contributed by atoms with Gasteiger partial charge in [0.15, 0.2) is 0 Å². The van der Waals surface area contributed by atoms with Crippen molar-refractivity contribution in [2.24, 2.45) is 17.3 Å². The fourth-order valence-electron chi connectivity index (χ4n) is 3.41. The maximum absolute atomic E-state index is 12.4. The predicted octanol–water partition coefficient (Wildman–Crippen LogP) is 1.78. The van der Waals surface area contributed by atoms with Gasteiger partial charge in [0.1, 0.15) is 0 Å².